The van der Waals surface area contributed by atoms with Crippen molar-refractivity contribution in [2.24, 2.45) is 5.73 Å². The monoisotopic (exact) mass is 310 g/mol. The van der Waals surface area contributed by atoms with Crippen molar-refractivity contribution in [3.05, 3.63) is 48.2 Å². The fraction of sp³-hybridized carbons (Fsp3) is 0.267. The van der Waals surface area contributed by atoms with Gasteiger partial charge in [0, 0.05) is 25.7 Å². The second kappa shape index (κ2) is 7.71. The van der Waals surface area contributed by atoms with Crippen LogP contribution in [0.2, 0.25) is 0 Å². The third-order valence-corrected chi connectivity index (χ3v) is 3.08. The van der Waals surface area contributed by atoms with Gasteiger partial charge in [-0.15, -0.1) is 12.4 Å². The summed E-state index contributed by atoms with van der Waals surface area (Å²) in [6, 6.07) is 12.4. The zero-order chi connectivity index (χ0) is 14.5. The van der Waals surface area contributed by atoms with Gasteiger partial charge in [-0.05, 0) is 25.1 Å². The Kier molecular flexibility index (Phi) is 6.27. The van der Waals surface area contributed by atoms with E-state index in [4.69, 9.17) is 14.9 Å². The number of furan rings is 1. The molecule has 0 fully saturated rings. The number of ether oxygens (including phenoxy) is 1. The standard InChI is InChI=1S/C15H18N2O3.ClH/c1-11(10-16)17(2)15(18)13-8-9-14(20-13)19-12-6-4-3-5-7-12;/h3-9,11H,10,16H2,1-2H3;1H. The number of nitrogens with zero attached hydrogens (tertiary/aromatic N) is 1. The molecule has 1 atom stereocenters. The molecule has 5 nitrogen and oxygen atoms in total. The first-order valence-corrected chi connectivity index (χ1v) is 6.41. The highest BCUT2D eigenvalue weighted by Crippen LogP contribution is 2.24. The summed E-state index contributed by atoms with van der Waals surface area (Å²) in [6.45, 7) is 2.28. The lowest BCUT2D eigenvalue weighted by Crippen LogP contribution is -2.39. The summed E-state index contributed by atoms with van der Waals surface area (Å²) >= 11 is 0. The molecule has 114 valence electrons. The van der Waals surface area contributed by atoms with E-state index in [0.717, 1.165) is 0 Å². The van der Waals surface area contributed by atoms with Crippen molar-refractivity contribution < 1.29 is 13.9 Å². The van der Waals surface area contributed by atoms with E-state index in [-0.39, 0.29) is 36.1 Å². The van der Waals surface area contributed by atoms with Crippen LogP contribution in [0, 0.1) is 0 Å². The van der Waals surface area contributed by atoms with Gasteiger partial charge < -0.3 is 19.8 Å². The van der Waals surface area contributed by atoms with Gasteiger partial charge in [0.1, 0.15) is 5.75 Å². The number of hydrogen-bond acceptors (Lipinski definition) is 4. The number of carbonyl (C=O) groups excluding carboxylic acids is 1. The van der Waals surface area contributed by atoms with E-state index >= 15 is 0 Å². The van der Waals surface area contributed by atoms with Crippen LogP contribution in [0.25, 0.3) is 0 Å². The fourth-order valence-corrected chi connectivity index (χ4v) is 1.63. The Labute approximate surface area is 130 Å². The maximum atomic E-state index is 12.1. The maximum absolute atomic E-state index is 12.1. The van der Waals surface area contributed by atoms with Gasteiger partial charge in [-0.1, -0.05) is 18.2 Å². The Hall–Kier alpha value is -1.98. The summed E-state index contributed by atoms with van der Waals surface area (Å²) in [4.78, 5) is 13.7. The van der Waals surface area contributed by atoms with Crippen LogP contribution in [0.4, 0.5) is 0 Å². The van der Waals surface area contributed by atoms with Gasteiger partial charge >= 0.3 is 0 Å². The summed E-state index contributed by atoms with van der Waals surface area (Å²) < 4.78 is 10.9. The number of benzene rings is 1. The van der Waals surface area contributed by atoms with E-state index < -0.39 is 0 Å². The first-order chi connectivity index (χ1) is 9.61. The topological polar surface area (TPSA) is 68.7 Å². The molecule has 0 bridgehead atoms. The highest BCUT2D eigenvalue weighted by molar-refractivity contribution is 5.91. The Morgan fingerprint density at radius 2 is 1.95 bits per heavy atom. The fourth-order valence-electron chi connectivity index (χ4n) is 1.63. The molecule has 2 N–H and O–H groups in total. The quantitative estimate of drug-likeness (QED) is 0.922. The van der Waals surface area contributed by atoms with Gasteiger partial charge in [-0.25, -0.2) is 0 Å². The smallest absolute Gasteiger partial charge is 0.290 e. The minimum absolute atomic E-state index is 0. The maximum Gasteiger partial charge on any atom is 0.290 e. The third kappa shape index (κ3) is 4.24. The van der Waals surface area contributed by atoms with E-state index in [9.17, 15) is 4.79 Å². The highest BCUT2D eigenvalue weighted by Gasteiger charge is 2.20. The number of nitrogens with two attached hydrogens (primary N) is 1. The van der Waals surface area contributed by atoms with Gasteiger partial charge in [-0.2, -0.15) is 0 Å². The van der Waals surface area contributed by atoms with Crippen LogP contribution in [-0.4, -0.2) is 30.4 Å². The van der Waals surface area contributed by atoms with Crippen molar-refractivity contribution in [1.82, 2.24) is 4.90 Å². The molecule has 0 aliphatic heterocycles. The second-order valence-corrected chi connectivity index (χ2v) is 4.53. The molecule has 0 saturated carbocycles. The Morgan fingerprint density at radius 3 is 2.57 bits per heavy atom. The predicted octanol–water partition coefficient (Wildman–Crippen LogP) is 2.91. The number of para-hydroxylation sites is 1. The molecule has 1 aromatic heterocycles. The molecular weight excluding hydrogens is 292 g/mol. The lowest BCUT2D eigenvalue weighted by Gasteiger charge is -2.22. The molecule has 2 rings (SSSR count). The van der Waals surface area contributed by atoms with Crippen LogP contribution in [0.3, 0.4) is 0 Å². The molecule has 6 heteroatoms. The van der Waals surface area contributed by atoms with Gasteiger partial charge in [0.25, 0.3) is 11.9 Å². The summed E-state index contributed by atoms with van der Waals surface area (Å²) in [7, 11) is 1.69. The van der Waals surface area contributed by atoms with Crippen LogP contribution >= 0.6 is 12.4 Å². The van der Waals surface area contributed by atoms with Crippen LogP contribution in [0.15, 0.2) is 46.9 Å². The van der Waals surface area contributed by atoms with Crippen molar-refractivity contribution in [2.45, 2.75) is 13.0 Å². The molecule has 2 aromatic rings. The molecule has 0 saturated heterocycles. The summed E-state index contributed by atoms with van der Waals surface area (Å²) in [6.07, 6.45) is 0. The van der Waals surface area contributed by atoms with E-state index in [2.05, 4.69) is 0 Å². The van der Waals surface area contributed by atoms with Crippen molar-refractivity contribution in [1.29, 1.82) is 0 Å². The van der Waals surface area contributed by atoms with Crippen LogP contribution in [0.1, 0.15) is 17.5 Å². The van der Waals surface area contributed by atoms with Gasteiger partial charge in [0.2, 0.25) is 0 Å². The van der Waals surface area contributed by atoms with E-state index in [1.54, 1.807) is 24.1 Å². The predicted molar refractivity (Wildman–Crippen MR) is 83.1 cm³/mol. The molecule has 1 unspecified atom stereocenters. The molecular formula is C15H19ClN2O3. The Balaban J connectivity index is 0.00000220. The molecule has 0 radical (unpaired) electrons. The largest absolute Gasteiger partial charge is 0.426 e. The minimum Gasteiger partial charge on any atom is -0.426 e. The first kappa shape index (κ1) is 17.1. The molecule has 1 amide bonds. The van der Waals surface area contributed by atoms with Crippen molar-refractivity contribution in [3.8, 4) is 11.7 Å². The minimum atomic E-state index is -0.217. The Bertz CT molecular complexity index is 571. The molecule has 0 aliphatic rings. The molecule has 1 heterocycles. The number of halogens is 1. The van der Waals surface area contributed by atoms with E-state index in [0.29, 0.717) is 12.3 Å². The van der Waals surface area contributed by atoms with Gasteiger partial charge in [-0.3, -0.25) is 4.79 Å². The summed E-state index contributed by atoms with van der Waals surface area (Å²) in [5.74, 6) is 0.961. The zero-order valence-corrected chi connectivity index (χ0v) is 12.8. The number of carbonyl (C=O) groups is 1. The van der Waals surface area contributed by atoms with Crippen molar-refractivity contribution >= 4 is 18.3 Å². The average Bonchev–Trinajstić information content (AvgIpc) is 2.94. The summed E-state index contributed by atoms with van der Waals surface area (Å²) in [5, 5.41) is 0. The number of amides is 1. The molecule has 0 spiro atoms. The normalized spacial score (nSPS) is 11.4. The van der Waals surface area contributed by atoms with Crippen molar-refractivity contribution in [2.75, 3.05) is 13.6 Å². The molecule has 21 heavy (non-hydrogen) atoms. The highest BCUT2D eigenvalue weighted by atomic mass is 35.5. The van der Waals surface area contributed by atoms with Crippen molar-refractivity contribution in [3.63, 3.8) is 0 Å². The molecule has 1 aromatic carbocycles. The average molecular weight is 311 g/mol. The first-order valence-electron chi connectivity index (χ1n) is 6.41. The second-order valence-electron chi connectivity index (χ2n) is 4.53. The summed E-state index contributed by atoms with van der Waals surface area (Å²) in [5.41, 5.74) is 5.55. The van der Waals surface area contributed by atoms with Crippen LogP contribution < -0.4 is 10.5 Å². The van der Waals surface area contributed by atoms with E-state index in [1.165, 1.54) is 0 Å². The number of likely N-dealkylation sites (N-methyl/N-ethyl adjacent to an activating group) is 1. The zero-order valence-electron chi connectivity index (χ0n) is 12.0. The van der Waals surface area contributed by atoms with Crippen LogP contribution in [-0.2, 0) is 0 Å². The SMILES string of the molecule is CC(CN)N(C)C(=O)c1ccc(Oc2ccccc2)o1.Cl. The third-order valence-electron chi connectivity index (χ3n) is 3.08. The van der Waals surface area contributed by atoms with Gasteiger partial charge in [0.05, 0.1) is 0 Å². The van der Waals surface area contributed by atoms with E-state index in [1.807, 2.05) is 37.3 Å². The number of rotatable bonds is 5. The lowest BCUT2D eigenvalue weighted by atomic mass is 10.3. The molecule has 0 aliphatic carbocycles. The number of hydrogen-bond donors (Lipinski definition) is 1. The van der Waals surface area contributed by atoms with Crippen LogP contribution in [0.5, 0.6) is 11.7 Å². The Morgan fingerprint density at radius 1 is 1.29 bits per heavy atom. The van der Waals surface area contributed by atoms with Gasteiger partial charge in [0.15, 0.2) is 5.76 Å². The lowest BCUT2D eigenvalue weighted by molar-refractivity contribution is 0.0711.